The van der Waals surface area contributed by atoms with E-state index >= 15 is 0 Å². The fourth-order valence-electron chi connectivity index (χ4n) is 1.64. The number of hydrogen-bond acceptors (Lipinski definition) is 4. The van der Waals surface area contributed by atoms with Crippen molar-refractivity contribution in [1.82, 2.24) is 19.6 Å². The molecule has 0 amide bonds. The first-order valence-electron chi connectivity index (χ1n) is 5.95. The Morgan fingerprint density at radius 2 is 1.19 bits per heavy atom. The molecule has 0 aliphatic heterocycles. The Labute approximate surface area is 140 Å². The number of aryl methyl sites for hydroxylation is 4. The van der Waals surface area contributed by atoms with E-state index < -0.39 is 0 Å². The third-order valence-electron chi connectivity index (χ3n) is 2.47. The normalized spacial score (nSPS) is 9.71. The molecule has 0 aliphatic rings. The molecular weight excluding hydrogens is 409 g/mol. The van der Waals surface area contributed by atoms with Crippen molar-refractivity contribution < 1.29 is 26.2 Å². The van der Waals surface area contributed by atoms with Gasteiger partial charge in [0.2, 0.25) is 0 Å². The quantitative estimate of drug-likeness (QED) is 0.718. The Hall–Kier alpha value is -0.418. The number of halogens is 2. The molecule has 2 rings (SSSR count). The van der Waals surface area contributed by atoms with Crippen LogP contribution in [0.5, 0.6) is 0 Å². The summed E-state index contributed by atoms with van der Waals surface area (Å²) >= 11 is -0.106. The number of hydrogen-bond donors (Lipinski definition) is 2. The van der Waals surface area contributed by atoms with Gasteiger partial charge < -0.3 is 10.2 Å². The number of aliphatic hydroxyl groups is 2. The second-order valence-electron chi connectivity index (χ2n) is 4.18. The van der Waals surface area contributed by atoms with Crippen LogP contribution in [0.3, 0.4) is 0 Å². The molecule has 0 radical (unpaired) electrons. The van der Waals surface area contributed by atoms with Gasteiger partial charge in [-0.2, -0.15) is 10.2 Å². The van der Waals surface area contributed by atoms with Crippen LogP contribution in [0.1, 0.15) is 22.8 Å². The monoisotopic (exact) mass is 428 g/mol. The van der Waals surface area contributed by atoms with Crippen LogP contribution in [0.25, 0.3) is 0 Å². The zero-order valence-corrected chi connectivity index (χ0v) is 15.4. The topological polar surface area (TPSA) is 76.1 Å². The summed E-state index contributed by atoms with van der Waals surface area (Å²) in [6.07, 6.45) is 0. The molecule has 21 heavy (non-hydrogen) atoms. The molecular formula is C12H20Cl2N4O2Pd. The summed E-state index contributed by atoms with van der Waals surface area (Å²) in [5, 5.41) is 25.3. The molecule has 2 aromatic rings. The molecule has 0 saturated heterocycles. The van der Waals surface area contributed by atoms with Crippen molar-refractivity contribution in [3.05, 3.63) is 34.9 Å². The van der Waals surface area contributed by atoms with Crippen molar-refractivity contribution in [3.63, 3.8) is 0 Å². The van der Waals surface area contributed by atoms with Gasteiger partial charge in [0, 0.05) is 11.4 Å². The van der Waals surface area contributed by atoms with E-state index in [1.54, 1.807) is 9.36 Å². The van der Waals surface area contributed by atoms with Crippen molar-refractivity contribution in [2.75, 3.05) is 0 Å². The molecule has 0 fully saturated rings. The minimum atomic E-state index is -0.106. The Kier molecular flexibility index (Phi) is 11.0. The van der Waals surface area contributed by atoms with Gasteiger partial charge in [-0.25, -0.2) is 9.36 Å². The average molecular weight is 430 g/mol. The Morgan fingerprint density at radius 3 is 1.29 bits per heavy atom. The molecule has 0 aliphatic carbocycles. The van der Waals surface area contributed by atoms with Gasteiger partial charge in [-0.3, -0.25) is 0 Å². The molecule has 2 heterocycles. The summed E-state index contributed by atoms with van der Waals surface area (Å²) in [6, 6.07) is 3.85. The number of aliphatic hydroxyl groups excluding tert-OH is 2. The van der Waals surface area contributed by atoms with Crippen LogP contribution in [0.4, 0.5) is 0 Å². The molecule has 0 saturated carbocycles. The van der Waals surface area contributed by atoms with Gasteiger partial charge in [0.1, 0.15) is 13.5 Å². The van der Waals surface area contributed by atoms with Gasteiger partial charge in [-0.15, -0.1) is 0 Å². The van der Waals surface area contributed by atoms with Crippen LogP contribution in [0, 0.1) is 27.7 Å². The summed E-state index contributed by atoms with van der Waals surface area (Å²) < 4.78 is 3.10. The minimum absolute atomic E-state index is 0.0281. The summed E-state index contributed by atoms with van der Waals surface area (Å²) in [5.41, 5.74) is 3.88. The molecule has 2 aromatic heterocycles. The summed E-state index contributed by atoms with van der Waals surface area (Å²) in [7, 11) is 9.63. The number of nitrogens with zero attached hydrogens (tertiary/aromatic N) is 4. The van der Waals surface area contributed by atoms with Crippen molar-refractivity contribution in [2.24, 2.45) is 0 Å². The van der Waals surface area contributed by atoms with Crippen LogP contribution >= 0.6 is 19.1 Å². The molecule has 2 N–H and O–H groups in total. The molecule has 0 unspecified atom stereocenters. The summed E-state index contributed by atoms with van der Waals surface area (Å²) in [5.74, 6) is 0. The fraction of sp³-hybridized carbons (Fsp3) is 0.500. The maximum atomic E-state index is 8.63. The molecule has 124 valence electrons. The zero-order valence-electron chi connectivity index (χ0n) is 12.3. The van der Waals surface area contributed by atoms with Gasteiger partial charge in [0.05, 0.1) is 11.4 Å². The van der Waals surface area contributed by atoms with Crippen LogP contribution < -0.4 is 0 Å². The van der Waals surface area contributed by atoms with E-state index in [-0.39, 0.29) is 29.4 Å². The van der Waals surface area contributed by atoms with Gasteiger partial charge in [-0.1, -0.05) is 0 Å². The standard InChI is InChI=1S/2C6H10N2O.2ClH.Pd/c2*1-5-3-6(2)8(4-9)7-5;;;/h2*3,9H,4H2,1-2H3;2*1H;/q;;;;+2/p-2. The van der Waals surface area contributed by atoms with Crippen LogP contribution in [-0.4, -0.2) is 29.8 Å². The van der Waals surface area contributed by atoms with E-state index in [0.717, 1.165) is 22.8 Å². The zero-order chi connectivity index (χ0) is 16.4. The summed E-state index contributed by atoms with van der Waals surface area (Å²) in [6.45, 7) is 7.57. The van der Waals surface area contributed by atoms with E-state index in [1.807, 2.05) is 39.8 Å². The van der Waals surface area contributed by atoms with Crippen LogP contribution in [0.15, 0.2) is 12.1 Å². The Bertz CT molecular complexity index is 485. The van der Waals surface area contributed by atoms with Crippen LogP contribution in [0.2, 0.25) is 0 Å². The molecule has 6 nitrogen and oxygen atoms in total. The molecule has 0 aromatic carbocycles. The predicted octanol–water partition coefficient (Wildman–Crippen LogP) is 2.28. The van der Waals surface area contributed by atoms with E-state index in [2.05, 4.69) is 10.2 Å². The van der Waals surface area contributed by atoms with E-state index in [0.29, 0.717) is 0 Å². The van der Waals surface area contributed by atoms with Crippen molar-refractivity contribution in [3.8, 4) is 0 Å². The fourth-order valence-corrected chi connectivity index (χ4v) is 1.64. The summed E-state index contributed by atoms with van der Waals surface area (Å²) in [4.78, 5) is 0. The third-order valence-corrected chi connectivity index (χ3v) is 2.47. The van der Waals surface area contributed by atoms with Crippen molar-refractivity contribution in [1.29, 1.82) is 0 Å². The molecule has 9 heteroatoms. The molecule has 0 atom stereocenters. The maximum absolute atomic E-state index is 8.63. The van der Waals surface area contributed by atoms with Crippen molar-refractivity contribution in [2.45, 2.75) is 41.2 Å². The number of aromatic nitrogens is 4. The average Bonchev–Trinajstić information content (AvgIpc) is 2.92. The molecule has 0 spiro atoms. The second-order valence-corrected chi connectivity index (χ2v) is 6.54. The van der Waals surface area contributed by atoms with E-state index in [9.17, 15) is 0 Å². The number of rotatable bonds is 2. The first-order chi connectivity index (χ1) is 9.89. The Balaban J connectivity index is 0.000000322. The van der Waals surface area contributed by atoms with Gasteiger partial charge in [-0.05, 0) is 39.8 Å². The van der Waals surface area contributed by atoms with Gasteiger partial charge in [0.25, 0.3) is 0 Å². The van der Waals surface area contributed by atoms with Crippen LogP contribution in [-0.2, 0) is 29.4 Å². The second kappa shape index (κ2) is 11.2. The first kappa shape index (κ1) is 20.6. The third kappa shape index (κ3) is 7.96. The SMILES string of the molecule is Cc1cc(C)n(CO)n1.Cc1cc(C)n(CO)n1.[Cl][Pd][Cl]. The predicted molar refractivity (Wildman–Crippen MR) is 79.5 cm³/mol. The van der Waals surface area contributed by atoms with E-state index in [1.165, 1.54) is 0 Å². The Morgan fingerprint density at radius 1 is 0.905 bits per heavy atom. The molecule has 0 bridgehead atoms. The first-order valence-corrected chi connectivity index (χ1v) is 9.96. The van der Waals surface area contributed by atoms with Gasteiger partial charge in [0.15, 0.2) is 0 Å². The van der Waals surface area contributed by atoms with Gasteiger partial charge >= 0.3 is 35.0 Å². The van der Waals surface area contributed by atoms with E-state index in [4.69, 9.17) is 29.3 Å². The van der Waals surface area contributed by atoms with Crippen molar-refractivity contribution >= 4 is 19.1 Å².